The van der Waals surface area contributed by atoms with E-state index in [1.807, 2.05) is 0 Å². The number of unbranched alkanes of at least 4 members (excludes halogenated alkanes) is 51. The van der Waals surface area contributed by atoms with Gasteiger partial charge in [-0.3, -0.25) is 37.3 Å². The predicted octanol–water partition coefficient (Wildman–Crippen LogP) is 23.6. The van der Waals surface area contributed by atoms with Gasteiger partial charge in [-0.1, -0.05) is 369 Å². The smallest absolute Gasteiger partial charge is 0.462 e. The minimum Gasteiger partial charge on any atom is -0.462 e. The van der Waals surface area contributed by atoms with E-state index in [0.717, 1.165) is 102 Å². The quantitative estimate of drug-likeness (QED) is 0.0222. The fourth-order valence-electron chi connectivity index (χ4n) is 12.2. The number of carbonyl (C=O) groups excluding carboxylic acids is 4. The van der Waals surface area contributed by atoms with Crippen LogP contribution in [0, 0.1) is 5.92 Å². The average Bonchev–Trinajstić information content (AvgIpc) is 0.988. The first-order chi connectivity index (χ1) is 47.5. The van der Waals surface area contributed by atoms with Gasteiger partial charge in [-0.25, -0.2) is 9.13 Å². The summed E-state index contributed by atoms with van der Waals surface area (Å²) in [6.45, 7) is 7.22. The third kappa shape index (κ3) is 72.4. The molecule has 3 N–H and O–H groups in total. The highest BCUT2D eigenvalue weighted by Gasteiger charge is 2.30. The summed E-state index contributed by atoms with van der Waals surface area (Å²) in [6, 6.07) is 0. The molecular formula is C79H154O17P2. The summed E-state index contributed by atoms with van der Waals surface area (Å²) in [5, 5.41) is 10.6. The summed E-state index contributed by atoms with van der Waals surface area (Å²) in [7, 11) is -9.90. The summed E-state index contributed by atoms with van der Waals surface area (Å²) in [5.41, 5.74) is 0. The summed E-state index contributed by atoms with van der Waals surface area (Å²) in [4.78, 5) is 72.6. The maximum Gasteiger partial charge on any atom is 0.472 e. The molecule has 0 rings (SSSR count). The molecule has 0 aromatic heterocycles. The molecule has 0 saturated heterocycles. The van der Waals surface area contributed by atoms with Crippen molar-refractivity contribution < 1.29 is 80.2 Å². The second-order valence-electron chi connectivity index (χ2n) is 28.9. The third-order valence-corrected chi connectivity index (χ3v) is 20.4. The summed E-state index contributed by atoms with van der Waals surface area (Å²) in [6.07, 6.45) is 63.0. The number of phosphoric ester groups is 2. The molecule has 0 bridgehead atoms. The van der Waals surface area contributed by atoms with Crippen molar-refractivity contribution in [3.63, 3.8) is 0 Å². The Kier molecular flexibility index (Phi) is 70.6. The molecular weight excluding hydrogens is 1280 g/mol. The Balaban J connectivity index is 5.12. The van der Waals surface area contributed by atoms with Crippen LogP contribution in [-0.2, 0) is 65.4 Å². The molecule has 0 aromatic carbocycles. The van der Waals surface area contributed by atoms with Crippen LogP contribution >= 0.6 is 15.6 Å². The molecule has 0 amide bonds. The molecule has 0 aromatic rings. The van der Waals surface area contributed by atoms with E-state index in [1.54, 1.807) is 0 Å². The molecule has 19 heteroatoms. The van der Waals surface area contributed by atoms with Gasteiger partial charge in [-0.2, -0.15) is 0 Å². The summed E-state index contributed by atoms with van der Waals surface area (Å²) >= 11 is 0. The van der Waals surface area contributed by atoms with E-state index in [2.05, 4.69) is 34.6 Å². The third-order valence-electron chi connectivity index (χ3n) is 18.5. The number of aliphatic hydroxyl groups is 1. The molecule has 0 heterocycles. The molecule has 0 aliphatic carbocycles. The van der Waals surface area contributed by atoms with Crippen molar-refractivity contribution in [3.05, 3.63) is 0 Å². The van der Waals surface area contributed by atoms with Gasteiger partial charge >= 0.3 is 39.5 Å². The molecule has 0 aliphatic heterocycles. The largest absolute Gasteiger partial charge is 0.472 e. The number of hydrogen-bond donors (Lipinski definition) is 3. The van der Waals surface area contributed by atoms with Crippen molar-refractivity contribution in [3.8, 4) is 0 Å². The molecule has 582 valence electrons. The van der Waals surface area contributed by atoms with Gasteiger partial charge in [0.1, 0.15) is 19.3 Å². The Morgan fingerprint density at radius 1 is 0.276 bits per heavy atom. The van der Waals surface area contributed by atoms with Crippen LogP contribution in [0.15, 0.2) is 0 Å². The average molecular weight is 1440 g/mol. The summed E-state index contributed by atoms with van der Waals surface area (Å²) < 4.78 is 68.4. The van der Waals surface area contributed by atoms with Crippen LogP contribution in [0.5, 0.6) is 0 Å². The van der Waals surface area contributed by atoms with Gasteiger partial charge in [0, 0.05) is 25.7 Å². The minimum atomic E-state index is -4.96. The number of hydrogen-bond acceptors (Lipinski definition) is 15. The second-order valence-corrected chi connectivity index (χ2v) is 31.8. The number of rotatable bonds is 79. The van der Waals surface area contributed by atoms with Crippen LogP contribution in [0.1, 0.15) is 420 Å². The highest BCUT2D eigenvalue weighted by molar-refractivity contribution is 7.47. The lowest BCUT2D eigenvalue weighted by atomic mass is 10.0. The molecule has 0 radical (unpaired) electrons. The molecule has 2 unspecified atom stereocenters. The van der Waals surface area contributed by atoms with E-state index >= 15 is 0 Å². The number of phosphoric acid groups is 2. The van der Waals surface area contributed by atoms with Gasteiger partial charge in [0.2, 0.25) is 0 Å². The molecule has 0 spiro atoms. The van der Waals surface area contributed by atoms with Crippen molar-refractivity contribution in [1.82, 2.24) is 0 Å². The molecule has 98 heavy (non-hydrogen) atoms. The van der Waals surface area contributed by atoms with Crippen LogP contribution in [0.2, 0.25) is 0 Å². The van der Waals surface area contributed by atoms with Crippen molar-refractivity contribution in [1.29, 1.82) is 0 Å². The van der Waals surface area contributed by atoms with Gasteiger partial charge in [0.05, 0.1) is 26.4 Å². The zero-order valence-corrected chi connectivity index (χ0v) is 65.7. The van der Waals surface area contributed by atoms with E-state index < -0.39 is 97.5 Å². The van der Waals surface area contributed by atoms with Gasteiger partial charge < -0.3 is 33.8 Å². The maximum absolute atomic E-state index is 13.1. The Hall–Kier alpha value is -1.94. The maximum atomic E-state index is 13.1. The van der Waals surface area contributed by atoms with Crippen LogP contribution in [0.25, 0.3) is 0 Å². The normalized spacial score (nSPS) is 13.9. The lowest BCUT2D eigenvalue weighted by Gasteiger charge is -2.21. The Morgan fingerprint density at radius 3 is 0.694 bits per heavy atom. The minimum absolute atomic E-state index is 0.106. The van der Waals surface area contributed by atoms with E-state index in [-0.39, 0.29) is 25.7 Å². The molecule has 0 fully saturated rings. The standard InChI is InChI=1S/C79H154O17P2/c1-6-9-12-15-17-19-21-23-25-27-29-30-31-33-35-37-41-45-49-54-59-64-79(84)96-75(69-90-77(82)63-58-53-48-44-40-36-34-32-28-26-24-22-20-18-16-13-10-7-2)71-94-98(87,88)92-67-73(80)66-91-97(85,86)93-70-74(68-89-76(81)62-57-51-14-11-8-3)95-78(83)65-60-55-50-46-42-38-39-43-47-52-56-61-72(4)5/h72-75,80H,6-71H2,1-5H3,(H,85,86)(H,87,88)/t73-,74+,75+/m0/s1. The molecule has 5 atom stereocenters. The van der Waals surface area contributed by atoms with Crippen LogP contribution < -0.4 is 0 Å². The Morgan fingerprint density at radius 2 is 0.469 bits per heavy atom. The lowest BCUT2D eigenvalue weighted by molar-refractivity contribution is -0.161. The van der Waals surface area contributed by atoms with E-state index in [4.69, 9.17) is 37.0 Å². The highest BCUT2D eigenvalue weighted by atomic mass is 31.2. The van der Waals surface area contributed by atoms with Crippen molar-refractivity contribution in [2.45, 2.75) is 438 Å². The zero-order chi connectivity index (χ0) is 71.9. The van der Waals surface area contributed by atoms with E-state index in [0.29, 0.717) is 25.7 Å². The number of aliphatic hydroxyl groups excluding tert-OH is 1. The first-order valence-corrected chi connectivity index (χ1v) is 44.1. The monoisotopic (exact) mass is 1440 g/mol. The fraction of sp³-hybridized carbons (Fsp3) is 0.949. The second kappa shape index (κ2) is 72.0. The van der Waals surface area contributed by atoms with Crippen molar-refractivity contribution in [2.75, 3.05) is 39.6 Å². The van der Waals surface area contributed by atoms with Gasteiger partial charge in [0.15, 0.2) is 12.2 Å². The molecule has 0 aliphatic rings. The number of carbonyl (C=O) groups is 4. The Labute approximate surface area is 600 Å². The summed E-state index contributed by atoms with van der Waals surface area (Å²) in [5.74, 6) is -1.36. The first kappa shape index (κ1) is 96.1. The topological polar surface area (TPSA) is 237 Å². The zero-order valence-electron chi connectivity index (χ0n) is 63.9. The predicted molar refractivity (Wildman–Crippen MR) is 400 cm³/mol. The fourth-order valence-corrected chi connectivity index (χ4v) is 13.8. The van der Waals surface area contributed by atoms with Crippen molar-refractivity contribution >= 4 is 39.5 Å². The SMILES string of the molecule is CCCCCCCCCCCCCCCCCCCCCCCC(=O)O[C@H](COC(=O)CCCCCCCCCCCCCCCCCCCC)COP(=O)(O)OC[C@@H](O)COP(=O)(O)OC[C@@H](COC(=O)CCCCCCC)OC(=O)CCCCCCCCCCCCCC(C)C. The van der Waals surface area contributed by atoms with Gasteiger partial charge in [-0.05, 0) is 31.6 Å². The van der Waals surface area contributed by atoms with E-state index in [1.165, 1.54) is 238 Å². The van der Waals surface area contributed by atoms with Crippen molar-refractivity contribution in [2.24, 2.45) is 5.92 Å². The van der Waals surface area contributed by atoms with Gasteiger partial charge in [0.25, 0.3) is 0 Å². The lowest BCUT2D eigenvalue weighted by Crippen LogP contribution is -2.30. The number of esters is 4. The molecule has 17 nitrogen and oxygen atoms in total. The van der Waals surface area contributed by atoms with Crippen LogP contribution in [0.4, 0.5) is 0 Å². The van der Waals surface area contributed by atoms with Crippen LogP contribution in [-0.4, -0.2) is 96.7 Å². The highest BCUT2D eigenvalue weighted by Crippen LogP contribution is 2.45. The number of ether oxygens (including phenoxy) is 4. The Bertz CT molecular complexity index is 1870. The van der Waals surface area contributed by atoms with Crippen LogP contribution in [0.3, 0.4) is 0 Å². The van der Waals surface area contributed by atoms with Gasteiger partial charge in [-0.15, -0.1) is 0 Å². The van der Waals surface area contributed by atoms with E-state index in [9.17, 15) is 43.2 Å². The first-order valence-electron chi connectivity index (χ1n) is 41.1. The molecule has 0 saturated carbocycles.